The summed E-state index contributed by atoms with van der Waals surface area (Å²) in [5.41, 5.74) is 0.469. The summed E-state index contributed by atoms with van der Waals surface area (Å²) in [4.78, 5) is 12.7. The maximum absolute atomic E-state index is 12.7. The van der Waals surface area contributed by atoms with Crippen molar-refractivity contribution >= 4 is 28.2 Å². The molecule has 25 heavy (non-hydrogen) atoms. The minimum Gasteiger partial charge on any atom is -0.355 e. The standard InChI is InChI=1S/C18H26N2O3S.ClH/c21-17(18-9-5-4-8-16(18)12-19-14-18)20-10-11-24(22,23)13-15-6-2-1-3-7-15;/h1-3,6-7,16,19H,4-5,8-14H2,(H,20,21);1H/t16-,18+;/m0./s1. The van der Waals surface area contributed by atoms with Crippen LogP contribution in [0.2, 0.25) is 0 Å². The number of hydrogen-bond acceptors (Lipinski definition) is 4. The molecule has 3 rings (SSSR count). The maximum atomic E-state index is 12.7. The minimum atomic E-state index is -3.22. The number of benzene rings is 1. The molecule has 5 nitrogen and oxygen atoms in total. The van der Waals surface area contributed by atoms with Crippen LogP contribution in [0.4, 0.5) is 0 Å². The average Bonchev–Trinajstić information content (AvgIpc) is 3.00. The molecule has 1 saturated carbocycles. The predicted octanol–water partition coefficient (Wildman–Crippen LogP) is 1.92. The lowest BCUT2D eigenvalue weighted by Crippen LogP contribution is -2.48. The van der Waals surface area contributed by atoms with Crippen molar-refractivity contribution in [3.63, 3.8) is 0 Å². The minimum absolute atomic E-state index is 0. The van der Waals surface area contributed by atoms with Crippen molar-refractivity contribution < 1.29 is 13.2 Å². The Morgan fingerprint density at radius 1 is 1.24 bits per heavy atom. The van der Waals surface area contributed by atoms with Crippen molar-refractivity contribution in [2.75, 3.05) is 25.4 Å². The third kappa shape index (κ3) is 4.74. The number of rotatable bonds is 6. The lowest BCUT2D eigenvalue weighted by molar-refractivity contribution is -0.133. The molecule has 0 radical (unpaired) electrons. The number of sulfone groups is 1. The highest BCUT2D eigenvalue weighted by Gasteiger charge is 2.49. The second kappa shape index (κ2) is 8.52. The topological polar surface area (TPSA) is 75.3 Å². The first kappa shape index (κ1) is 20.2. The van der Waals surface area contributed by atoms with Crippen LogP contribution in [0, 0.1) is 11.3 Å². The van der Waals surface area contributed by atoms with Crippen molar-refractivity contribution in [2.45, 2.75) is 31.4 Å². The molecule has 1 saturated heterocycles. The molecule has 0 unspecified atom stereocenters. The van der Waals surface area contributed by atoms with Gasteiger partial charge in [0.15, 0.2) is 9.84 Å². The number of carbonyl (C=O) groups is 1. The number of amides is 1. The molecule has 1 aliphatic carbocycles. The maximum Gasteiger partial charge on any atom is 0.227 e. The number of fused-ring (bicyclic) bond motifs is 1. The van der Waals surface area contributed by atoms with Gasteiger partial charge in [0.1, 0.15) is 0 Å². The number of carbonyl (C=O) groups excluding carboxylic acids is 1. The quantitative estimate of drug-likeness (QED) is 0.783. The molecule has 1 heterocycles. The van der Waals surface area contributed by atoms with E-state index >= 15 is 0 Å². The van der Waals surface area contributed by atoms with Gasteiger partial charge in [-0.15, -0.1) is 12.4 Å². The normalized spacial score (nSPS) is 25.7. The SMILES string of the molecule is Cl.O=C(NCCS(=O)(=O)Cc1ccccc1)[C@@]12CCCC[C@H]1CNC2. The fourth-order valence-electron chi connectivity index (χ4n) is 4.09. The van der Waals surface area contributed by atoms with Crippen LogP contribution < -0.4 is 10.6 Å². The summed E-state index contributed by atoms with van der Waals surface area (Å²) < 4.78 is 24.4. The highest BCUT2D eigenvalue weighted by molar-refractivity contribution is 7.90. The van der Waals surface area contributed by atoms with E-state index in [9.17, 15) is 13.2 Å². The molecule has 2 atom stereocenters. The first-order chi connectivity index (χ1) is 11.5. The van der Waals surface area contributed by atoms with Crippen molar-refractivity contribution in [1.82, 2.24) is 10.6 Å². The zero-order valence-corrected chi connectivity index (χ0v) is 16.0. The van der Waals surface area contributed by atoms with Gasteiger partial charge in [0.05, 0.1) is 16.9 Å². The van der Waals surface area contributed by atoms with Gasteiger partial charge in [-0.2, -0.15) is 0 Å². The van der Waals surface area contributed by atoms with Gasteiger partial charge in [-0.25, -0.2) is 8.42 Å². The van der Waals surface area contributed by atoms with E-state index < -0.39 is 9.84 Å². The van der Waals surface area contributed by atoms with E-state index in [1.165, 1.54) is 6.42 Å². The average molecular weight is 387 g/mol. The van der Waals surface area contributed by atoms with Crippen LogP contribution in [-0.4, -0.2) is 39.7 Å². The van der Waals surface area contributed by atoms with E-state index in [4.69, 9.17) is 0 Å². The highest BCUT2D eigenvalue weighted by Crippen LogP contribution is 2.43. The van der Waals surface area contributed by atoms with Crippen molar-refractivity contribution in [3.8, 4) is 0 Å². The number of hydrogen-bond donors (Lipinski definition) is 2. The Labute approximate surface area is 156 Å². The van der Waals surface area contributed by atoms with Crippen LogP contribution in [0.25, 0.3) is 0 Å². The van der Waals surface area contributed by atoms with Gasteiger partial charge in [0, 0.05) is 13.1 Å². The smallest absolute Gasteiger partial charge is 0.227 e. The van der Waals surface area contributed by atoms with E-state index in [0.29, 0.717) is 5.92 Å². The lowest BCUT2D eigenvalue weighted by Gasteiger charge is -2.37. The van der Waals surface area contributed by atoms with E-state index in [-0.39, 0.29) is 41.8 Å². The van der Waals surface area contributed by atoms with Gasteiger partial charge >= 0.3 is 0 Å². The van der Waals surface area contributed by atoms with Crippen LogP contribution in [0.1, 0.15) is 31.2 Å². The lowest BCUT2D eigenvalue weighted by atomic mass is 9.67. The third-order valence-corrected chi connectivity index (χ3v) is 7.02. The predicted molar refractivity (Wildman–Crippen MR) is 101 cm³/mol. The summed E-state index contributed by atoms with van der Waals surface area (Å²) in [6.45, 7) is 1.82. The van der Waals surface area contributed by atoms with Gasteiger partial charge in [-0.3, -0.25) is 4.79 Å². The molecule has 0 aromatic heterocycles. The molecule has 1 amide bonds. The number of nitrogens with one attached hydrogen (secondary N) is 2. The van der Waals surface area contributed by atoms with Crippen molar-refractivity contribution in [3.05, 3.63) is 35.9 Å². The molecular weight excluding hydrogens is 360 g/mol. The Kier molecular flexibility index (Phi) is 6.88. The summed E-state index contributed by atoms with van der Waals surface area (Å²) in [5.74, 6) is 0.445. The zero-order valence-electron chi connectivity index (χ0n) is 14.4. The summed E-state index contributed by atoms with van der Waals surface area (Å²) in [5, 5.41) is 6.24. The molecule has 1 aromatic rings. The van der Waals surface area contributed by atoms with E-state index in [0.717, 1.165) is 37.9 Å². The monoisotopic (exact) mass is 386 g/mol. The summed E-state index contributed by atoms with van der Waals surface area (Å²) in [7, 11) is -3.22. The summed E-state index contributed by atoms with van der Waals surface area (Å²) >= 11 is 0. The third-order valence-electron chi connectivity index (χ3n) is 5.42. The Hall–Kier alpha value is -1.11. The fraction of sp³-hybridized carbons (Fsp3) is 0.611. The largest absolute Gasteiger partial charge is 0.355 e. The first-order valence-electron chi connectivity index (χ1n) is 8.75. The number of halogens is 1. The molecule has 2 fully saturated rings. The van der Waals surface area contributed by atoms with Crippen LogP contribution in [-0.2, 0) is 20.4 Å². The van der Waals surface area contributed by atoms with E-state index in [2.05, 4.69) is 10.6 Å². The zero-order chi connectivity index (χ0) is 17.0. The Balaban J connectivity index is 0.00000225. The second-order valence-electron chi connectivity index (χ2n) is 7.06. The van der Waals surface area contributed by atoms with Gasteiger partial charge in [0.2, 0.25) is 5.91 Å². The van der Waals surface area contributed by atoms with Crippen molar-refractivity contribution in [1.29, 1.82) is 0 Å². The van der Waals surface area contributed by atoms with Gasteiger partial charge < -0.3 is 10.6 Å². The van der Waals surface area contributed by atoms with Gasteiger partial charge in [-0.05, 0) is 30.9 Å². The molecule has 0 bridgehead atoms. The molecular formula is C18H27ClN2O3S. The van der Waals surface area contributed by atoms with Crippen molar-refractivity contribution in [2.24, 2.45) is 11.3 Å². The van der Waals surface area contributed by atoms with Gasteiger partial charge in [-0.1, -0.05) is 43.2 Å². The van der Waals surface area contributed by atoms with Gasteiger partial charge in [0.25, 0.3) is 0 Å². The Morgan fingerprint density at radius 3 is 2.76 bits per heavy atom. The van der Waals surface area contributed by atoms with Crippen LogP contribution in [0.15, 0.2) is 30.3 Å². The van der Waals surface area contributed by atoms with Crippen LogP contribution in [0.3, 0.4) is 0 Å². The van der Waals surface area contributed by atoms with Crippen LogP contribution in [0.5, 0.6) is 0 Å². The summed E-state index contributed by atoms with van der Waals surface area (Å²) in [6.07, 6.45) is 4.27. The molecule has 1 aromatic carbocycles. The molecule has 0 spiro atoms. The molecule has 140 valence electrons. The molecule has 2 aliphatic rings. The molecule has 2 N–H and O–H groups in total. The molecule has 1 aliphatic heterocycles. The summed E-state index contributed by atoms with van der Waals surface area (Å²) in [6, 6.07) is 9.16. The van der Waals surface area contributed by atoms with Crippen LogP contribution >= 0.6 is 12.4 Å². The second-order valence-corrected chi connectivity index (χ2v) is 9.25. The van der Waals surface area contributed by atoms with E-state index in [1.54, 1.807) is 0 Å². The molecule has 7 heteroatoms. The van der Waals surface area contributed by atoms with E-state index in [1.807, 2.05) is 30.3 Å². The first-order valence-corrected chi connectivity index (χ1v) is 10.6. The fourth-order valence-corrected chi connectivity index (χ4v) is 5.34. The Morgan fingerprint density at radius 2 is 2.00 bits per heavy atom. The highest BCUT2D eigenvalue weighted by atomic mass is 35.5. The Bertz CT molecular complexity index is 681.